The first-order valence-electron chi connectivity index (χ1n) is 8.43. The molecule has 3 N–H and O–H groups in total. The monoisotopic (exact) mass is 358 g/mol. The number of nitrogens with two attached hydrogens (primary N) is 1. The van der Waals surface area contributed by atoms with Crippen molar-refractivity contribution in [2.75, 3.05) is 12.4 Å². The standard InChI is InChI=1S/C19H22N2O3S/c1-3-11-4-9-14-15(10-11)25-19(16(14)17(20)22)21-18(23)12-5-7-13(24-2)8-6-12/h5-8,11H,3-4,9-10H2,1-2H3,(H2,20,22)(H,21,23)/t11-/m1/s1. The van der Waals surface area contributed by atoms with Gasteiger partial charge in [-0.05, 0) is 55.0 Å². The fourth-order valence-electron chi connectivity index (χ4n) is 3.27. The summed E-state index contributed by atoms with van der Waals surface area (Å²) in [5.41, 5.74) is 7.61. The van der Waals surface area contributed by atoms with Gasteiger partial charge in [0.2, 0.25) is 0 Å². The van der Waals surface area contributed by atoms with E-state index in [0.717, 1.165) is 31.2 Å². The Morgan fingerprint density at radius 1 is 1.32 bits per heavy atom. The number of ether oxygens (including phenoxy) is 1. The summed E-state index contributed by atoms with van der Waals surface area (Å²) in [5.74, 6) is 0.594. The Bertz CT molecular complexity index is 796. The van der Waals surface area contributed by atoms with E-state index in [-0.39, 0.29) is 5.91 Å². The van der Waals surface area contributed by atoms with Crippen LogP contribution in [0.4, 0.5) is 5.00 Å². The largest absolute Gasteiger partial charge is 0.497 e. The highest BCUT2D eigenvalue weighted by molar-refractivity contribution is 7.17. The summed E-state index contributed by atoms with van der Waals surface area (Å²) < 4.78 is 5.10. The van der Waals surface area contributed by atoms with Gasteiger partial charge in [0.1, 0.15) is 10.8 Å². The fourth-order valence-corrected chi connectivity index (χ4v) is 4.63. The molecule has 6 heteroatoms. The van der Waals surface area contributed by atoms with Crippen LogP contribution in [-0.2, 0) is 12.8 Å². The maximum Gasteiger partial charge on any atom is 0.256 e. The van der Waals surface area contributed by atoms with E-state index < -0.39 is 5.91 Å². The molecule has 1 aliphatic rings. The number of fused-ring (bicyclic) bond motifs is 1. The van der Waals surface area contributed by atoms with Gasteiger partial charge in [-0.15, -0.1) is 11.3 Å². The topological polar surface area (TPSA) is 81.4 Å². The second-order valence-corrected chi connectivity index (χ2v) is 7.38. The predicted octanol–water partition coefficient (Wildman–Crippen LogP) is 3.62. The SMILES string of the molecule is CC[C@@H]1CCc2c(sc(NC(=O)c3ccc(OC)cc3)c2C(N)=O)C1. The van der Waals surface area contributed by atoms with Crippen molar-refractivity contribution in [1.82, 2.24) is 0 Å². The molecule has 0 aliphatic heterocycles. The first kappa shape index (κ1) is 17.5. The van der Waals surface area contributed by atoms with Crippen LogP contribution in [0.25, 0.3) is 0 Å². The van der Waals surface area contributed by atoms with Crippen molar-refractivity contribution in [3.63, 3.8) is 0 Å². The van der Waals surface area contributed by atoms with Gasteiger partial charge in [0.25, 0.3) is 11.8 Å². The summed E-state index contributed by atoms with van der Waals surface area (Å²) in [4.78, 5) is 25.7. The summed E-state index contributed by atoms with van der Waals surface area (Å²) in [6.07, 6.45) is 3.99. The molecule has 1 heterocycles. The van der Waals surface area contributed by atoms with Crippen molar-refractivity contribution < 1.29 is 14.3 Å². The van der Waals surface area contributed by atoms with Gasteiger partial charge >= 0.3 is 0 Å². The molecule has 0 bridgehead atoms. The molecule has 2 aromatic rings. The smallest absolute Gasteiger partial charge is 0.256 e. The summed E-state index contributed by atoms with van der Waals surface area (Å²) >= 11 is 1.48. The van der Waals surface area contributed by atoms with Crippen molar-refractivity contribution in [2.24, 2.45) is 11.7 Å². The Hall–Kier alpha value is -2.34. The maximum absolute atomic E-state index is 12.5. The van der Waals surface area contributed by atoms with Crippen LogP contribution in [0, 0.1) is 5.92 Å². The van der Waals surface area contributed by atoms with Gasteiger partial charge in [0, 0.05) is 10.4 Å². The lowest BCUT2D eigenvalue weighted by Crippen LogP contribution is -2.19. The second kappa shape index (κ2) is 7.27. The zero-order chi connectivity index (χ0) is 18.0. The number of amides is 2. The van der Waals surface area contributed by atoms with Crippen LogP contribution in [0.5, 0.6) is 5.75 Å². The van der Waals surface area contributed by atoms with Crippen LogP contribution in [0.1, 0.15) is 50.9 Å². The molecule has 1 aromatic carbocycles. The number of carbonyl (C=O) groups excluding carboxylic acids is 2. The summed E-state index contributed by atoms with van der Waals surface area (Å²) in [5, 5.41) is 3.44. The molecule has 0 unspecified atom stereocenters. The van der Waals surface area contributed by atoms with E-state index in [9.17, 15) is 9.59 Å². The van der Waals surface area contributed by atoms with Crippen molar-refractivity contribution in [1.29, 1.82) is 0 Å². The predicted molar refractivity (Wildman–Crippen MR) is 99.6 cm³/mol. The molecule has 1 aromatic heterocycles. The molecule has 0 saturated heterocycles. The zero-order valence-corrected chi connectivity index (χ0v) is 15.2. The molecule has 2 amide bonds. The maximum atomic E-state index is 12.5. The first-order chi connectivity index (χ1) is 12.0. The number of benzene rings is 1. The van der Waals surface area contributed by atoms with Gasteiger partial charge in [0.15, 0.2) is 0 Å². The fraction of sp³-hybridized carbons (Fsp3) is 0.368. The van der Waals surface area contributed by atoms with E-state index in [2.05, 4.69) is 12.2 Å². The Kier molecular flexibility index (Phi) is 5.08. The number of hydrogen-bond donors (Lipinski definition) is 2. The normalized spacial score (nSPS) is 16.2. The van der Waals surface area contributed by atoms with E-state index in [1.807, 2.05) is 0 Å². The number of carbonyl (C=O) groups is 2. The molecule has 5 nitrogen and oxygen atoms in total. The van der Waals surface area contributed by atoms with Gasteiger partial charge in [0.05, 0.1) is 12.7 Å². The van der Waals surface area contributed by atoms with Crippen LogP contribution in [-0.4, -0.2) is 18.9 Å². The van der Waals surface area contributed by atoms with Gasteiger partial charge in [-0.3, -0.25) is 9.59 Å². The lowest BCUT2D eigenvalue weighted by atomic mass is 9.85. The molecule has 1 atom stereocenters. The number of rotatable bonds is 5. The van der Waals surface area contributed by atoms with E-state index in [4.69, 9.17) is 10.5 Å². The third kappa shape index (κ3) is 3.54. The molecule has 0 fully saturated rings. The number of thiophene rings is 1. The number of anilines is 1. The minimum Gasteiger partial charge on any atom is -0.497 e. The number of hydrogen-bond acceptors (Lipinski definition) is 4. The van der Waals surface area contributed by atoms with Crippen LogP contribution in [0.2, 0.25) is 0 Å². The third-order valence-electron chi connectivity index (χ3n) is 4.77. The third-order valence-corrected chi connectivity index (χ3v) is 5.94. The molecule has 0 spiro atoms. The highest BCUT2D eigenvalue weighted by atomic mass is 32.1. The van der Waals surface area contributed by atoms with Crippen LogP contribution in [0.15, 0.2) is 24.3 Å². The van der Waals surface area contributed by atoms with Gasteiger partial charge in [-0.2, -0.15) is 0 Å². The minimum atomic E-state index is -0.475. The number of primary amides is 1. The Morgan fingerprint density at radius 3 is 2.64 bits per heavy atom. The van der Waals surface area contributed by atoms with E-state index in [1.165, 1.54) is 16.2 Å². The average Bonchev–Trinajstić information content (AvgIpc) is 2.98. The number of nitrogens with one attached hydrogen (secondary N) is 1. The summed E-state index contributed by atoms with van der Waals surface area (Å²) in [6.45, 7) is 2.19. The van der Waals surface area contributed by atoms with Crippen molar-refractivity contribution >= 4 is 28.2 Å². The van der Waals surface area contributed by atoms with E-state index in [0.29, 0.717) is 27.8 Å². The molecule has 0 radical (unpaired) electrons. The Labute approximate surface area is 151 Å². The van der Waals surface area contributed by atoms with Gasteiger partial charge in [-0.25, -0.2) is 0 Å². The Morgan fingerprint density at radius 2 is 2.04 bits per heavy atom. The minimum absolute atomic E-state index is 0.254. The molecule has 3 rings (SSSR count). The zero-order valence-electron chi connectivity index (χ0n) is 14.4. The van der Waals surface area contributed by atoms with Gasteiger partial charge < -0.3 is 15.8 Å². The highest BCUT2D eigenvalue weighted by Gasteiger charge is 2.28. The van der Waals surface area contributed by atoms with Crippen molar-refractivity contribution in [2.45, 2.75) is 32.6 Å². The van der Waals surface area contributed by atoms with Crippen LogP contribution in [0.3, 0.4) is 0 Å². The van der Waals surface area contributed by atoms with Crippen LogP contribution >= 0.6 is 11.3 Å². The van der Waals surface area contributed by atoms with Crippen molar-refractivity contribution in [3.8, 4) is 5.75 Å². The van der Waals surface area contributed by atoms with Crippen LogP contribution < -0.4 is 15.8 Å². The molecule has 25 heavy (non-hydrogen) atoms. The van der Waals surface area contributed by atoms with Gasteiger partial charge in [-0.1, -0.05) is 13.3 Å². The molecular weight excluding hydrogens is 336 g/mol. The van der Waals surface area contributed by atoms with E-state index >= 15 is 0 Å². The quantitative estimate of drug-likeness (QED) is 0.856. The lowest BCUT2D eigenvalue weighted by Gasteiger charge is -2.20. The molecule has 0 saturated carbocycles. The molecule has 132 valence electrons. The number of methoxy groups -OCH3 is 1. The molecule has 1 aliphatic carbocycles. The average molecular weight is 358 g/mol. The lowest BCUT2D eigenvalue weighted by molar-refractivity contribution is 0.1000. The first-order valence-corrected chi connectivity index (χ1v) is 9.24. The second-order valence-electron chi connectivity index (χ2n) is 6.27. The highest BCUT2D eigenvalue weighted by Crippen LogP contribution is 2.40. The summed E-state index contributed by atoms with van der Waals surface area (Å²) in [7, 11) is 1.58. The van der Waals surface area contributed by atoms with E-state index in [1.54, 1.807) is 31.4 Å². The molecular formula is C19H22N2O3S. The Balaban J connectivity index is 1.87. The van der Waals surface area contributed by atoms with Crippen molar-refractivity contribution in [3.05, 3.63) is 45.8 Å². The summed E-state index contributed by atoms with van der Waals surface area (Å²) in [6, 6.07) is 6.85.